The molecule has 4 N–H and O–H groups in total. The molecule has 1 aromatic heterocycles. The Kier molecular flexibility index (Phi) is 10.5. The topological polar surface area (TPSA) is 180 Å². The van der Waals surface area contributed by atoms with Crippen molar-refractivity contribution in [1.29, 1.82) is 0 Å². The number of hydrogen-bond donors (Lipinski definition) is 4. The number of fused-ring (bicyclic) bond motifs is 3. The van der Waals surface area contributed by atoms with E-state index in [-0.39, 0.29) is 25.8 Å². The number of carbonyl (C=O) groups is 5. The number of carbonyl (C=O) groups excluding carboxylic acids is 5. The van der Waals surface area contributed by atoms with E-state index in [1.165, 1.54) is 16.2 Å². The third-order valence-corrected chi connectivity index (χ3v) is 13.1. The third kappa shape index (κ3) is 8.36. The van der Waals surface area contributed by atoms with E-state index in [4.69, 9.17) is 16.3 Å². The first kappa shape index (κ1) is 37.1. The van der Waals surface area contributed by atoms with Crippen LogP contribution < -0.4 is 20.7 Å². The summed E-state index contributed by atoms with van der Waals surface area (Å²) in [5.74, 6) is -2.92. The maximum atomic E-state index is 14.3. The number of ether oxygens (including phenoxy) is 1. The zero-order chi connectivity index (χ0) is 36.7. The average molecular weight is 762 g/mol. The van der Waals surface area contributed by atoms with E-state index >= 15 is 0 Å². The number of rotatable bonds is 6. The quantitative estimate of drug-likeness (QED) is 0.317. The minimum absolute atomic E-state index is 0.00353. The van der Waals surface area contributed by atoms with Gasteiger partial charge in [0.15, 0.2) is 0 Å². The summed E-state index contributed by atoms with van der Waals surface area (Å²) in [6, 6.07) is 4.48. The summed E-state index contributed by atoms with van der Waals surface area (Å²) < 4.78 is 34.0. The Morgan fingerprint density at radius 1 is 1.06 bits per heavy atom. The van der Waals surface area contributed by atoms with Gasteiger partial charge in [0, 0.05) is 28.6 Å². The number of allylic oxidation sites excluding steroid dienone is 1. The van der Waals surface area contributed by atoms with Gasteiger partial charge in [0.2, 0.25) is 21.8 Å². The van der Waals surface area contributed by atoms with Crippen molar-refractivity contribution < 1.29 is 37.1 Å². The van der Waals surface area contributed by atoms with Gasteiger partial charge >= 0.3 is 6.09 Å². The Hall–Kier alpha value is -3.69. The fourth-order valence-electron chi connectivity index (χ4n) is 6.77. The van der Waals surface area contributed by atoms with Gasteiger partial charge in [0.05, 0.1) is 10.3 Å². The summed E-state index contributed by atoms with van der Waals surface area (Å²) in [6.07, 6.45) is 7.19. The van der Waals surface area contributed by atoms with E-state index in [0.29, 0.717) is 35.6 Å². The molecule has 0 bridgehead atoms. The number of hydrogen-bond acceptors (Lipinski definition) is 9. The van der Waals surface area contributed by atoms with Gasteiger partial charge in [-0.15, -0.1) is 11.3 Å². The number of nitrogens with zero attached hydrogens (tertiary/aromatic N) is 1. The summed E-state index contributed by atoms with van der Waals surface area (Å²) in [5.41, 5.74) is -2.34. The molecule has 5 atom stereocenters. The van der Waals surface area contributed by atoms with E-state index < -0.39 is 80.2 Å². The van der Waals surface area contributed by atoms with Crippen molar-refractivity contribution in [1.82, 2.24) is 25.6 Å². The summed E-state index contributed by atoms with van der Waals surface area (Å²) in [5, 5.41) is 8.87. The Morgan fingerprint density at radius 2 is 1.80 bits per heavy atom. The van der Waals surface area contributed by atoms with Crippen LogP contribution in [-0.2, 0) is 29.1 Å². The fourth-order valence-corrected chi connectivity index (χ4v) is 9.55. The maximum absolute atomic E-state index is 14.3. The molecule has 2 saturated carbocycles. The molecule has 0 spiro atoms. The molecule has 6 rings (SSSR count). The molecule has 0 radical (unpaired) electrons. The smallest absolute Gasteiger partial charge is 0.408 e. The molecule has 16 heteroatoms. The van der Waals surface area contributed by atoms with Crippen LogP contribution in [-0.4, -0.2) is 84.1 Å². The van der Waals surface area contributed by atoms with Crippen LogP contribution in [0.3, 0.4) is 0 Å². The second-order valence-electron chi connectivity index (χ2n) is 14.9. The number of benzene rings is 1. The van der Waals surface area contributed by atoms with Crippen LogP contribution in [0.15, 0.2) is 36.4 Å². The van der Waals surface area contributed by atoms with Gasteiger partial charge in [-0.1, -0.05) is 54.8 Å². The molecule has 3 fully saturated rings. The second kappa shape index (κ2) is 14.4. The summed E-state index contributed by atoms with van der Waals surface area (Å²) >= 11 is 7.82. The molecule has 2 aromatic rings. The zero-order valence-electron chi connectivity index (χ0n) is 28.8. The molecular formula is C35H44ClN5O8S2. The highest BCUT2D eigenvalue weighted by Crippen LogP contribution is 2.46. The molecule has 4 aliphatic rings. The number of amides is 5. The summed E-state index contributed by atoms with van der Waals surface area (Å²) in [6.45, 7) is 5.07. The van der Waals surface area contributed by atoms with Gasteiger partial charge in [0.1, 0.15) is 28.1 Å². The van der Waals surface area contributed by atoms with Crippen molar-refractivity contribution in [2.75, 3.05) is 6.54 Å². The summed E-state index contributed by atoms with van der Waals surface area (Å²) in [7, 11) is -3.90. The number of nitrogens with one attached hydrogen (secondary N) is 4. The molecule has 5 amide bonds. The molecular weight excluding hydrogens is 718 g/mol. The average Bonchev–Trinajstić information content (AvgIpc) is 3.96. The molecule has 1 saturated heterocycles. The van der Waals surface area contributed by atoms with E-state index in [0.717, 1.165) is 22.9 Å². The van der Waals surface area contributed by atoms with Crippen molar-refractivity contribution >= 4 is 72.8 Å². The van der Waals surface area contributed by atoms with Crippen molar-refractivity contribution in [3.8, 4) is 0 Å². The highest BCUT2D eigenvalue weighted by Gasteiger charge is 2.62. The van der Waals surface area contributed by atoms with Crippen LogP contribution >= 0.6 is 22.9 Å². The standard InChI is InChI=1S/C35H44ClN5O8S2/c1-34(2,3)49-33(46)38-24-13-8-6-4-5-7-11-20-18-35(20,32(45)40-51(47,48)22-15-16-22)39-29(42)25-17-21(19-41(25)31(24)44)37-30(43)28-27(36)23-12-9-10-14-26(23)50-28/h7,9-12,14,20-22,24-25H,4-6,8,13,15-19H2,1-3H3,(H,37,43)(H,38,46)(H,39,42)(H,40,45)/b11-7-/t20-,21+,24-,25-,35+/m0/s1. The van der Waals surface area contributed by atoms with Crippen molar-refractivity contribution in [2.24, 2.45) is 5.92 Å². The van der Waals surface area contributed by atoms with E-state index in [2.05, 4.69) is 20.7 Å². The number of thiophene rings is 1. The van der Waals surface area contributed by atoms with E-state index in [9.17, 15) is 32.4 Å². The number of alkyl carbamates (subject to hydrolysis) is 1. The number of halogens is 1. The molecule has 51 heavy (non-hydrogen) atoms. The normalized spacial score (nSPS) is 28.0. The first-order chi connectivity index (χ1) is 24.1. The van der Waals surface area contributed by atoms with Crippen LogP contribution in [0.4, 0.5) is 4.79 Å². The lowest BCUT2D eigenvalue weighted by atomic mass is 10.0. The monoisotopic (exact) mass is 761 g/mol. The van der Waals surface area contributed by atoms with E-state index in [1.54, 1.807) is 20.8 Å². The first-order valence-electron chi connectivity index (χ1n) is 17.4. The maximum Gasteiger partial charge on any atom is 0.408 e. The zero-order valence-corrected chi connectivity index (χ0v) is 31.2. The Bertz CT molecular complexity index is 1870. The van der Waals surface area contributed by atoms with Gasteiger partial charge in [-0.05, 0) is 71.8 Å². The first-order valence-corrected chi connectivity index (χ1v) is 20.1. The Labute approximate surface area is 306 Å². The highest BCUT2D eigenvalue weighted by atomic mass is 35.5. The largest absolute Gasteiger partial charge is 0.444 e. The Balaban J connectivity index is 1.28. The van der Waals surface area contributed by atoms with Gasteiger partial charge < -0.3 is 25.6 Å². The minimum Gasteiger partial charge on any atom is -0.444 e. The van der Waals surface area contributed by atoms with Crippen LogP contribution in [0.1, 0.15) is 88.2 Å². The molecule has 3 heterocycles. The third-order valence-electron chi connectivity index (χ3n) is 9.65. The predicted molar refractivity (Wildman–Crippen MR) is 193 cm³/mol. The molecule has 2 aliphatic carbocycles. The molecule has 0 unspecified atom stereocenters. The summed E-state index contributed by atoms with van der Waals surface area (Å²) in [4.78, 5) is 70.3. The van der Waals surface area contributed by atoms with Crippen LogP contribution in [0, 0.1) is 5.92 Å². The SMILES string of the molecule is CC(C)(C)OC(=O)N[C@H]1CCCCC/C=C\[C@H]2C[C@@]2(C(=O)NS(=O)(=O)C2CC2)NC(=O)[C@@H]2C[C@@H](NC(=O)c3sc4ccccc4c3Cl)CN2C1=O. The fraction of sp³-hybridized carbons (Fsp3) is 0.571. The van der Waals surface area contributed by atoms with Crippen LogP contribution in [0.25, 0.3) is 10.1 Å². The lowest BCUT2D eigenvalue weighted by Crippen LogP contribution is -2.58. The van der Waals surface area contributed by atoms with Gasteiger partial charge in [-0.2, -0.15) is 0 Å². The van der Waals surface area contributed by atoms with Gasteiger partial charge in [0.25, 0.3) is 11.8 Å². The van der Waals surface area contributed by atoms with E-state index in [1.807, 2.05) is 36.4 Å². The van der Waals surface area contributed by atoms with Crippen molar-refractivity contribution in [2.45, 2.75) is 113 Å². The molecule has 276 valence electrons. The highest BCUT2D eigenvalue weighted by molar-refractivity contribution is 7.91. The van der Waals surface area contributed by atoms with Crippen LogP contribution in [0.2, 0.25) is 5.02 Å². The molecule has 1 aromatic carbocycles. The van der Waals surface area contributed by atoms with Gasteiger partial charge in [-0.3, -0.25) is 23.9 Å². The minimum atomic E-state index is -3.90. The number of sulfonamides is 1. The molecule has 13 nitrogen and oxygen atoms in total. The Morgan fingerprint density at radius 3 is 2.51 bits per heavy atom. The van der Waals surface area contributed by atoms with Crippen LogP contribution in [0.5, 0.6) is 0 Å². The van der Waals surface area contributed by atoms with Gasteiger partial charge in [-0.25, -0.2) is 13.2 Å². The molecule has 2 aliphatic heterocycles. The second-order valence-corrected chi connectivity index (χ2v) is 18.3. The predicted octanol–water partition coefficient (Wildman–Crippen LogP) is 4.15. The van der Waals surface area contributed by atoms with Crippen molar-refractivity contribution in [3.63, 3.8) is 0 Å². The van der Waals surface area contributed by atoms with Crippen molar-refractivity contribution in [3.05, 3.63) is 46.3 Å². The lowest BCUT2D eigenvalue weighted by molar-refractivity contribution is -0.141. The lowest BCUT2D eigenvalue weighted by Gasteiger charge is -2.30.